The van der Waals surface area contributed by atoms with Crippen LogP contribution in [0.2, 0.25) is 0 Å². The van der Waals surface area contributed by atoms with Crippen molar-refractivity contribution in [1.29, 1.82) is 0 Å². The molecule has 2 nitrogen and oxygen atoms in total. The third-order valence-electron chi connectivity index (χ3n) is 1.70. The molecule has 0 saturated carbocycles. The van der Waals surface area contributed by atoms with Crippen molar-refractivity contribution < 1.29 is 0 Å². The van der Waals surface area contributed by atoms with E-state index in [4.69, 9.17) is 0 Å². The zero-order chi connectivity index (χ0) is 9.10. The fourth-order valence-electron chi connectivity index (χ4n) is 1.13. The van der Waals surface area contributed by atoms with Gasteiger partial charge in [0.1, 0.15) is 0 Å². The molecular formula is C10H10N2S. The normalized spacial score (nSPS) is 9.92. The fraction of sp³-hybridized carbons (Fsp3) is 0.100. The van der Waals surface area contributed by atoms with Gasteiger partial charge in [-0.15, -0.1) is 11.3 Å². The first-order valence-electron chi connectivity index (χ1n) is 4.08. The van der Waals surface area contributed by atoms with Gasteiger partial charge in [0, 0.05) is 17.3 Å². The molecule has 1 N–H and O–H groups in total. The zero-order valence-electron chi connectivity index (χ0n) is 7.32. The summed E-state index contributed by atoms with van der Waals surface area (Å²) in [7, 11) is 0. The summed E-state index contributed by atoms with van der Waals surface area (Å²) in [4.78, 5) is 4.15. The number of aryl methyl sites for hydroxylation is 1. The summed E-state index contributed by atoms with van der Waals surface area (Å²) in [6, 6.07) is 8.24. The first kappa shape index (κ1) is 8.26. The lowest BCUT2D eigenvalue weighted by Gasteiger charge is -2.02. The molecule has 2 aromatic rings. The number of nitrogens with one attached hydrogen (secondary N) is 1. The number of thiazole rings is 1. The van der Waals surface area contributed by atoms with Crippen LogP contribution in [-0.2, 0) is 0 Å². The number of hydrogen-bond donors (Lipinski definition) is 1. The number of aromatic nitrogens is 1. The standard InChI is InChI=1S/C10H10N2S/c1-8-3-2-4-9(7-8)12-10-11-5-6-13-10/h2-7H,1H3,(H,11,12). The second-order valence-corrected chi connectivity index (χ2v) is 3.73. The van der Waals surface area contributed by atoms with Crippen molar-refractivity contribution in [2.45, 2.75) is 6.92 Å². The molecular weight excluding hydrogens is 180 g/mol. The number of hydrogen-bond acceptors (Lipinski definition) is 3. The molecule has 0 aliphatic rings. The van der Waals surface area contributed by atoms with Crippen LogP contribution in [0.5, 0.6) is 0 Å². The minimum Gasteiger partial charge on any atom is -0.332 e. The van der Waals surface area contributed by atoms with Crippen LogP contribution in [0, 0.1) is 6.92 Å². The third-order valence-corrected chi connectivity index (χ3v) is 2.39. The lowest BCUT2D eigenvalue weighted by atomic mass is 10.2. The summed E-state index contributed by atoms with van der Waals surface area (Å²) < 4.78 is 0. The van der Waals surface area contributed by atoms with Gasteiger partial charge in [-0.1, -0.05) is 12.1 Å². The van der Waals surface area contributed by atoms with Gasteiger partial charge in [-0.2, -0.15) is 0 Å². The molecule has 0 bridgehead atoms. The maximum absolute atomic E-state index is 4.15. The molecule has 0 aliphatic carbocycles. The molecule has 0 fully saturated rings. The van der Waals surface area contributed by atoms with Crippen molar-refractivity contribution in [3.8, 4) is 0 Å². The summed E-state index contributed by atoms with van der Waals surface area (Å²) in [5.74, 6) is 0. The highest BCUT2D eigenvalue weighted by atomic mass is 32.1. The second-order valence-electron chi connectivity index (χ2n) is 2.83. The van der Waals surface area contributed by atoms with E-state index in [0.717, 1.165) is 10.8 Å². The average Bonchev–Trinajstić information content (AvgIpc) is 2.57. The lowest BCUT2D eigenvalue weighted by molar-refractivity contribution is 1.38. The highest BCUT2D eigenvalue weighted by Gasteiger charge is 1.95. The van der Waals surface area contributed by atoms with E-state index in [2.05, 4.69) is 29.4 Å². The molecule has 3 heteroatoms. The van der Waals surface area contributed by atoms with Gasteiger partial charge in [0.05, 0.1) is 0 Å². The Morgan fingerprint density at radius 3 is 3.00 bits per heavy atom. The molecule has 1 aromatic carbocycles. The first-order valence-corrected chi connectivity index (χ1v) is 4.96. The van der Waals surface area contributed by atoms with Crippen LogP contribution in [0.3, 0.4) is 0 Å². The van der Waals surface area contributed by atoms with Gasteiger partial charge in [0.2, 0.25) is 0 Å². The number of rotatable bonds is 2. The second kappa shape index (κ2) is 3.58. The maximum Gasteiger partial charge on any atom is 0.187 e. The van der Waals surface area contributed by atoms with E-state index in [1.165, 1.54) is 5.56 Å². The SMILES string of the molecule is Cc1cccc(Nc2nccs2)c1. The van der Waals surface area contributed by atoms with E-state index in [1.807, 2.05) is 17.5 Å². The fourth-order valence-corrected chi connectivity index (χ4v) is 1.68. The minimum absolute atomic E-state index is 0.936. The van der Waals surface area contributed by atoms with Gasteiger partial charge in [-0.25, -0.2) is 4.98 Å². The average molecular weight is 190 g/mol. The Morgan fingerprint density at radius 2 is 2.31 bits per heavy atom. The van der Waals surface area contributed by atoms with Gasteiger partial charge < -0.3 is 5.32 Å². The Morgan fingerprint density at radius 1 is 1.38 bits per heavy atom. The van der Waals surface area contributed by atoms with E-state index in [-0.39, 0.29) is 0 Å². The molecule has 0 saturated heterocycles. The zero-order valence-corrected chi connectivity index (χ0v) is 8.14. The van der Waals surface area contributed by atoms with Crippen molar-refractivity contribution in [2.75, 3.05) is 5.32 Å². The molecule has 0 unspecified atom stereocenters. The minimum atomic E-state index is 0.936. The molecule has 2 rings (SSSR count). The summed E-state index contributed by atoms with van der Waals surface area (Å²) >= 11 is 1.60. The van der Waals surface area contributed by atoms with Crippen molar-refractivity contribution in [3.05, 3.63) is 41.4 Å². The van der Waals surface area contributed by atoms with E-state index in [9.17, 15) is 0 Å². The third kappa shape index (κ3) is 2.06. The van der Waals surface area contributed by atoms with Gasteiger partial charge >= 0.3 is 0 Å². The topological polar surface area (TPSA) is 24.9 Å². The summed E-state index contributed by atoms with van der Waals surface area (Å²) in [5.41, 5.74) is 2.34. The van der Waals surface area contributed by atoms with Crippen LogP contribution in [0.1, 0.15) is 5.56 Å². The highest BCUT2D eigenvalue weighted by Crippen LogP contribution is 2.18. The van der Waals surface area contributed by atoms with Crippen molar-refractivity contribution in [2.24, 2.45) is 0 Å². The van der Waals surface area contributed by atoms with Crippen LogP contribution in [-0.4, -0.2) is 4.98 Å². The smallest absolute Gasteiger partial charge is 0.187 e. The quantitative estimate of drug-likeness (QED) is 0.786. The van der Waals surface area contributed by atoms with Crippen LogP contribution in [0.4, 0.5) is 10.8 Å². The summed E-state index contributed by atoms with van der Waals surface area (Å²) in [6.07, 6.45) is 1.79. The van der Waals surface area contributed by atoms with Crippen molar-refractivity contribution >= 4 is 22.2 Å². The van der Waals surface area contributed by atoms with E-state index in [0.29, 0.717) is 0 Å². The van der Waals surface area contributed by atoms with Crippen molar-refractivity contribution in [1.82, 2.24) is 4.98 Å². The Bertz CT molecular complexity index is 382. The lowest BCUT2D eigenvalue weighted by Crippen LogP contribution is -1.88. The van der Waals surface area contributed by atoms with E-state index in [1.54, 1.807) is 17.5 Å². The Kier molecular flexibility index (Phi) is 2.27. The molecule has 0 spiro atoms. The molecule has 1 heterocycles. The molecule has 0 amide bonds. The molecule has 66 valence electrons. The number of nitrogens with zero attached hydrogens (tertiary/aromatic N) is 1. The first-order chi connectivity index (χ1) is 6.34. The molecule has 0 atom stereocenters. The van der Waals surface area contributed by atoms with Gasteiger partial charge in [0.25, 0.3) is 0 Å². The van der Waals surface area contributed by atoms with Gasteiger partial charge in [-0.05, 0) is 24.6 Å². The molecule has 13 heavy (non-hydrogen) atoms. The Balaban J connectivity index is 2.19. The Hall–Kier alpha value is -1.35. The number of anilines is 2. The maximum atomic E-state index is 4.15. The predicted molar refractivity (Wildman–Crippen MR) is 56.6 cm³/mol. The van der Waals surface area contributed by atoms with Crippen LogP contribution in [0.15, 0.2) is 35.8 Å². The Labute approximate surface area is 81.3 Å². The van der Waals surface area contributed by atoms with E-state index >= 15 is 0 Å². The predicted octanol–water partition coefficient (Wildman–Crippen LogP) is 3.20. The summed E-state index contributed by atoms with van der Waals surface area (Å²) in [6.45, 7) is 2.08. The molecule has 0 aliphatic heterocycles. The molecule has 0 radical (unpaired) electrons. The largest absolute Gasteiger partial charge is 0.332 e. The van der Waals surface area contributed by atoms with Crippen LogP contribution in [0.25, 0.3) is 0 Å². The monoisotopic (exact) mass is 190 g/mol. The summed E-state index contributed by atoms with van der Waals surface area (Å²) in [5, 5.41) is 6.12. The van der Waals surface area contributed by atoms with E-state index < -0.39 is 0 Å². The van der Waals surface area contributed by atoms with Crippen LogP contribution < -0.4 is 5.32 Å². The van der Waals surface area contributed by atoms with Crippen LogP contribution >= 0.6 is 11.3 Å². The van der Waals surface area contributed by atoms with Gasteiger partial charge in [-0.3, -0.25) is 0 Å². The number of benzene rings is 1. The highest BCUT2D eigenvalue weighted by molar-refractivity contribution is 7.13. The molecule has 1 aromatic heterocycles. The van der Waals surface area contributed by atoms with Gasteiger partial charge in [0.15, 0.2) is 5.13 Å². The van der Waals surface area contributed by atoms with Crippen molar-refractivity contribution in [3.63, 3.8) is 0 Å².